The lowest BCUT2D eigenvalue weighted by Gasteiger charge is -2.51. The molecule has 0 aromatic rings. The molecule has 0 heterocycles. The Balaban J connectivity index is 2.27. The second kappa shape index (κ2) is 6.23. The number of ether oxygens (including phenoxy) is 1. The van der Waals surface area contributed by atoms with E-state index in [2.05, 4.69) is 45.3 Å². The second-order valence-corrected chi connectivity index (χ2v) is 7.05. The van der Waals surface area contributed by atoms with Crippen LogP contribution in [0.5, 0.6) is 0 Å². The molecule has 2 N–H and O–H groups in total. The van der Waals surface area contributed by atoms with Gasteiger partial charge >= 0.3 is 0 Å². The van der Waals surface area contributed by atoms with E-state index in [0.29, 0.717) is 6.42 Å². The first-order chi connectivity index (χ1) is 8.66. The summed E-state index contributed by atoms with van der Waals surface area (Å²) in [7, 11) is 0. The van der Waals surface area contributed by atoms with Gasteiger partial charge in [0.2, 0.25) is 5.91 Å². The third kappa shape index (κ3) is 4.77. The Hall–Kier alpha value is -0.610. The van der Waals surface area contributed by atoms with Gasteiger partial charge < -0.3 is 15.4 Å². The monoisotopic (exact) mass is 270 g/mol. The first-order valence-corrected chi connectivity index (χ1v) is 7.33. The van der Waals surface area contributed by atoms with Gasteiger partial charge in [0, 0.05) is 36.6 Å². The summed E-state index contributed by atoms with van der Waals surface area (Å²) >= 11 is 0. The molecule has 4 nitrogen and oxygen atoms in total. The maximum absolute atomic E-state index is 11.9. The van der Waals surface area contributed by atoms with E-state index in [9.17, 15) is 4.79 Å². The van der Waals surface area contributed by atoms with Crippen LogP contribution in [0.2, 0.25) is 0 Å². The molecule has 0 aromatic carbocycles. The molecule has 1 aliphatic rings. The van der Waals surface area contributed by atoms with Crippen molar-refractivity contribution in [3.8, 4) is 0 Å². The summed E-state index contributed by atoms with van der Waals surface area (Å²) in [5.74, 6) is 0.129. The van der Waals surface area contributed by atoms with Gasteiger partial charge in [-0.3, -0.25) is 4.79 Å². The summed E-state index contributed by atoms with van der Waals surface area (Å²) < 4.78 is 5.67. The van der Waals surface area contributed by atoms with Crippen molar-refractivity contribution in [2.24, 2.45) is 5.41 Å². The van der Waals surface area contributed by atoms with Gasteiger partial charge in [0.25, 0.3) is 0 Å². The Bertz CT molecular complexity index is 308. The van der Waals surface area contributed by atoms with Crippen molar-refractivity contribution in [3.63, 3.8) is 0 Å². The van der Waals surface area contributed by atoms with Gasteiger partial charge in [-0.05, 0) is 34.1 Å². The van der Waals surface area contributed by atoms with Gasteiger partial charge in [0.15, 0.2) is 0 Å². The number of hydrogen-bond donors (Lipinski definition) is 2. The van der Waals surface area contributed by atoms with E-state index in [4.69, 9.17) is 4.74 Å². The smallest absolute Gasteiger partial charge is 0.221 e. The van der Waals surface area contributed by atoms with Crippen LogP contribution in [0.3, 0.4) is 0 Å². The number of rotatable bonds is 6. The number of carbonyl (C=O) groups is 1. The van der Waals surface area contributed by atoms with Crippen molar-refractivity contribution in [2.75, 3.05) is 13.2 Å². The second-order valence-electron chi connectivity index (χ2n) is 7.05. The zero-order chi connectivity index (χ0) is 14.7. The van der Waals surface area contributed by atoms with E-state index in [0.717, 1.165) is 19.6 Å². The Morgan fingerprint density at radius 3 is 2.47 bits per heavy atom. The van der Waals surface area contributed by atoms with Crippen LogP contribution in [-0.2, 0) is 9.53 Å². The minimum absolute atomic E-state index is 0.0448. The molecule has 0 aliphatic heterocycles. The third-order valence-corrected chi connectivity index (χ3v) is 3.89. The number of amides is 1. The van der Waals surface area contributed by atoms with E-state index < -0.39 is 0 Å². The molecule has 2 unspecified atom stereocenters. The van der Waals surface area contributed by atoms with E-state index in [1.54, 1.807) is 0 Å². The normalized spacial score (nSPS) is 25.8. The van der Waals surface area contributed by atoms with Crippen molar-refractivity contribution in [2.45, 2.75) is 72.1 Å². The molecule has 4 heteroatoms. The molecule has 1 rings (SSSR count). The van der Waals surface area contributed by atoms with Crippen LogP contribution in [0, 0.1) is 5.41 Å². The maximum Gasteiger partial charge on any atom is 0.221 e. The van der Waals surface area contributed by atoms with E-state index >= 15 is 0 Å². The van der Waals surface area contributed by atoms with Crippen LogP contribution in [0.1, 0.15) is 54.4 Å². The molecule has 0 aromatic heterocycles. The zero-order valence-corrected chi connectivity index (χ0v) is 13.3. The predicted molar refractivity (Wildman–Crippen MR) is 78.1 cm³/mol. The standard InChI is InChI=1S/C15H30N2O2/c1-7-19-12-10-11(15(12,5)6)17-13(18)8-9-16-14(2,3)4/h11-12,16H,7-10H2,1-6H3,(H,17,18). The zero-order valence-electron chi connectivity index (χ0n) is 13.3. The third-order valence-electron chi connectivity index (χ3n) is 3.89. The number of nitrogens with one attached hydrogen (secondary N) is 2. The molecule has 0 bridgehead atoms. The van der Waals surface area contributed by atoms with Gasteiger partial charge in [-0.2, -0.15) is 0 Å². The Labute approximate surface area is 117 Å². The van der Waals surface area contributed by atoms with Crippen LogP contribution in [0.15, 0.2) is 0 Å². The number of carbonyl (C=O) groups excluding carboxylic acids is 1. The Kier molecular flexibility index (Phi) is 5.39. The molecule has 19 heavy (non-hydrogen) atoms. The van der Waals surface area contributed by atoms with Gasteiger partial charge in [-0.1, -0.05) is 13.8 Å². The lowest BCUT2D eigenvalue weighted by atomic mass is 9.64. The highest BCUT2D eigenvalue weighted by molar-refractivity contribution is 5.76. The molecule has 0 saturated heterocycles. The average molecular weight is 270 g/mol. The van der Waals surface area contributed by atoms with Gasteiger partial charge in [-0.25, -0.2) is 0 Å². The molecular weight excluding hydrogens is 240 g/mol. The van der Waals surface area contributed by atoms with Crippen LogP contribution < -0.4 is 10.6 Å². The first kappa shape index (κ1) is 16.4. The van der Waals surface area contributed by atoms with Crippen LogP contribution in [-0.4, -0.2) is 36.7 Å². The van der Waals surface area contributed by atoms with E-state index in [-0.39, 0.29) is 29.0 Å². The fourth-order valence-corrected chi connectivity index (χ4v) is 2.43. The SMILES string of the molecule is CCOC1CC(NC(=O)CCNC(C)(C)C)C1(C)C. The first-order valence-electron chi connectivity index (χ1n) is 7.33. The van der Waals surface area contributed by atoms with Crippen molar-refractivity contribution >= 4 is 5.91 Å². The largest absolute Gasteiger partial charge is 0.378 e. The quantitative estimate of drug-likeness (QED) is 0.777. The van der Waals surface area contributed by atoms with Gasteiger partial charge in [0.05, 0.1) is 6.10 Å². The highest BCUT2D eigenvalue weighted by Crippen LogP contribution is 2.42. The molecule has 0 radical (unpaired) electrons. The fraction of sp³-hybridized carbons (Fsp3) is 0.933. The van der Waals surface area contributed by atoms with Crippen LogP contribution in [0.4, 0.5) is 0 Å². The van der Waals surface area contributed by atoms with Gasteiger partial charge in [-0.15, -0.1) is 0 Å². The maximum atomic E-state index is 11.9. The van der Waals surface area contributed by atoms with Crippen molar-refractivity contribution in [1.29, 1.82) is 0 Å². The summed E-state index contributed by atoms with van der Waals surface area (Å²) in [4.78, 5) is 11.9. The minimum Gasteiger partial charge on any atom is -0.378 e. The highest BCUT2D eigenvalue weighted by atomic mass is 16.5. The van der Waals surface area contributed by atoms with Crippen LogP contribution in [0.25, 0.3) is 0 Å². The number of hydrogen-bond acceptors (Lipinski definition) is 3. The Morgan fingerprint density at radius 2 is 2.00 bits per heavy atom. The predicted octanol–water partition coefficient (Wildman–Crippen LogP) is 2.08. The highest BCUT2D eigenvalue weighted by Gasteiger charge is 2.49. The molecule has 1 amide bonds. The van der Waals surface area contributed by atoms with Crippen molar-refractivity contribution < 1.29 is 9.53 Å². The summed E-state index contributed by atoms with van der Waals surface area (Å²) in [5, 5.41) is 6.45. The summed E-state index contributed by atoms with van der Waals surface area (Å²) in [6, 6.07) is 0.242. The average Bonchev–Trinajstić information content (AvgIpc) is 2.26. The minimum atomic E-state index is 0.0448. The lowest BCUT2D eigenvalue weighted by Crippen LogP contribution is -2.62. The molecule has 1 aliphatic carbocycles. The molecule has 1 fully saturated rings. The van der Waals surface area contributed by atoms with Crippen LogP contribution >= 0.6 is 0 Å². The summed E-state index contributed by atoms with van der Waals surface area (Å²) in [6.45, 7) is 14.1. The lowest BCUT2D eigenvalue weighted by molar-refractivity contribution is -0.136. The molecule has 2 atom stereocenters. The van der Waals surface area contributed by atoms with E-state index in [1.165, 1.54) is 0 Å². The van der Waals surface area contributed by atoms with Gasteiger partial charge in [0.1, 0.15) is 0 Å². The van der Waals surface area contributed by atoms with Crippen molar-refractivity contribution in [3.05, 3.63) is 0 Å². The molecular formula is C15H30N2O2. The molecule has 0 spiro atoms. The molecule has 1 saturated carbocycles. The fourth-order valence-electron chi connectivity index (χ4n) is 2.43. The molecule has 112 valence electrons. The summed E-state index contributed by atoms with van der Waals surface area (Å²) in [6.07, 6.45) is 1.73. The topological polar surface area (TPSA) is 50.4 Å². The van der Waals surface area contributed by atoms with E-state index in [1.807, 2.05) is 6.92 Å². The Morgan fingerprint density at radius 1 is 1.37 bits per heavy atom. The summed E-state index contributed by atoms with van der Waals surface area (Å²) in [5.41, 5.74) is 0.110. The van der Waals surface area contributed by atoms with Crippen molar-refractivity contribution in [1.82, 2.24) is 10.6 Å².